The van der Waals surface area contributed by atoms with E-state index in [2.05, 4.69) is 51.8 Å². The Morgan fingerprint density at radius 3 is 2.71 bits per heavy atom. The van der Waals surface area contributed by atoms with E-state index in [0.29, 0.717) is 23.3 Å². The molecule has 0 aliphatic heterocycles. The average Bonchev–Trinajstić information content (AvgIpc) is 2.57. The molecule has 1 aromatic heterocycles. The van der Waals surface area contributed by atoms with Crippen LogP contribution in [0.5, 0.6) is 0 Å². The predicted molar refractivity (Wildman–Crippen MR) is 97.8 cm³/mol. The Hall–Kier alpha value is -2.66. The van der Waals surface area contributed by atoms with Crippen LogP contribution in [0.3, 0.4) is 0 Å². The van der Waals surface area contributed by atoms with Gasteiger partial charge in [-0.2, -0.15) is 10.1 Å². The van der Waals surface area contributed by atoms with Crippen molar-refractivity contribution in [1.29, 1.82) is 0 Å². The van der Waals surface area contributed by atoms with Crippen LogP contribution < -0.4 is 10.6 Å². The zero-order chi connectivity index (χ0) is 16.9. The molecule has 0 amide bonds. The smallest absolute Gasteiger partial charge is 0.244 e. The molecule has 0 saturated heterocycles. The van der Waals surface area contributed by atoms with Gasteiger partial charge in [0.05, 0.1) is 6.20 Å². The third-order valence-corrected chi connectivity index (χ3v) is 3.97. The van der Waals surface area contributed by atoms with Crippen LogP contribution in [0.4, 0.5) is 17.5 Å². The molecule has 0 fully saturated rings. The lowest BCUT2D eigenvalue weighted by Gasteiger charge is -2.10. The summed E-state index contributed by atoms with van der Waals surface area (Å²) in [5.41, 5.74) is 4.36. The highest BCUT2D eigenvalue weighted by Gasteiger charge is 2.05. The molecular weight excluding hydrogens is 322 g/mol. The number of halogens is 1. The third-order valence-electron chi connectivity index (χ3n) is 3.60. The quantitative estimate of drug-likeness (QED) is 0.716. The summed E-state index contributed by atoms with van der Waals surface area (Å²) in [6.07, 6.45) is 1.60. The zero-order valence-electron chi connectivity index (χ0n) is 13.5. The van der Waals surface area contributed by atoms with Crippen LogP contribution in [0.15, 0.2) is 48.7 Å². The largest absolute Gasteiger partial charge is 0.349 e. The molecule has 0 bridgehead atoms. The van der Waals surface area contributed by atoms with Crippen molar-refractivity contribution in [2.24, 2.45) is 0 Å². The second kappa shape index (κ2) is 7.27. The van der Waals surface area contributed by atoms with Crippen LogP contribution in [0, 0.1) is 13.8 Å². The van der Waals surface area contributed by atoms with Crippen molar-refractivity contribution in [3.63, 3.8) is 0 Å². The summed E-state index contributed by atoms with van der Waals surface area (Å²) in [5, 5.41) is 15.1. The maximum absolute atomic E-state index is 6.15. The van der Waals surface area contributed by atoms with E-state index in [1.807, 2.05) is 30.3 Å². The van der Waals surface area contributed by atoms with Gasteiger partial charge < -0.3 is 10.6 Å². The van der Waals surface area contributed by atoms with Gasteiger partial charge in [0.15, 0.2) is 5.82 Å². The highest BCUT2D eigenvalue weighted by molar-refractivity contribution is 6.31. The molecule has 24 heavy (non-hydrogen) atoms. The molecule has 0 radical (unpaired) electrons. The number of nitrogens with zero attached hydrogens (tertiary/aromatic N) is 3. The third kappa shape index (κ3) is 4.00. The second-order valence-electron chi connectivity index (χ2n) is 5.55. The molecule has 3 aromatic rings. The first-order valence-electron chi connectivity index (χ1n) is 7.63. The summed E-state index contributed by atoms with van der Waals surface area (Å²) in [7, 11) is 0. The Kier molecular flexibility index (Phi) is 4.91. The molecule has 0 unspecified atom stereocenters. The minimum Gasteiger partial charge on any atom is -0.349 e. The Balaban J connectivity index is 1.71. The standard InChI is InChI=1S/C18H18ClN5/c1-12-7-8-16(13(2)9-12)22-17-11-21-24-18(23-17)20-10-14-5-3-4-6-15(14)19/h3-9,11H,10H2,1-2H3,(H2,20,22,23,24). The second-order valence-corrected chi connectivity index (χ2v) is 5.96. The SMILES string of the molecule is Cc1ccc(Nc2cnnc(NCc3ccccc3Cl)n2)c(C)c1. The van der Waals surface area contributed by atoms with Crippen LogP contribution in [0.25, 0.3) is 0 Å². The molecule has 0 saturated carbocycles. The number of anilines is 3. The van der Waals surface area contributed by atoms with Gasteiger partial charge in [0, 0.05) is 17.3 Å². The molecular formula is C18H18ClN5. The van der Waals surface area contributed by atoms with E-state index in [-0.39, 0.29) is 0 Å². The monoisotopic (exact) mass is 339 g/mol. The van der Waals surface area contributed by atoms with E-state index in [1.165, 1.54) is 5.56 Å². The van der Waals surface area contributed by atoms with Crippen molar-refractivity contribution in [3.8, 4) is 0 Å². The van der Waals surface area contributed by atoms with Crippen molar-refractivity contribution in [2.75, 3.05) is 10.6 Å². The molecule has 2 aromatic carbocycles. The fraction of sp³-hybridized carbons (Fsp3) is 0.167. The van der Waals surface area contributed by atoms with Crippen LogP contribution in [-0.4, -0.2) is 15.2 Å². The van der Waals surface area contributed by atoms with Gasteiger partial charge in [0.25, 0.3) is 0 Å². The number of nitrogens with one attached hydrogen (secondary N) is 2. The highest BCUT2D eigenvalue weighted by atomic mass is 35.5. The van der Waals surface area contributed by atoms with Crippen LogP contribution >= 0.6 is 11.6 Å². The Bertz CT molecular complexity index is 850. The van der Waals surface area contributed by atoms with E-state index in [1.54, 1.807) is 6.20 Å². The van der Waals surface area contributed by atoms with Gasteiger partial charge in [0.2, 0.25) is 5.95 Å². The van der Waals surface area contributed by atoms with E-state index < -0.39 is 0 Å². The molecule has 1 heterocycles. The predicted octanol–water partition coefficient (Wildman–Crippen LogP) is 4.50. The van der Waals surface area contributed by atoms with Crippen molar-refractivity contribution >= 4 is 29.1 Å². The average molecular weight is 340 g/mol. The summed E-state index contributed by atoms with van der Waals surface area (Å²) in [4.78, 5) is 4.44. The first-order chi connectivity index (χ1) is 11.6. The van der Waals surface area contributed by atoms with Gasteiger partial charge in [-0.05, 0) is 37.1 Å². The van der Waals surface area contributed by atoms with Gasteiger partial charge in [-0.3, -0.25) is 0 Å². The first kappa shape index (κ1) is 16.2. The lowest BCUT2D eigenvalue weighted by atomic mass is 10.1. The van der Waals surface area contributed by atoms with E-state index in [0.717, 1.165) is 16.8 Å². The Morgan fingerprint density at radius 1 is 1.08 bits per heavy atom. The number of benzene rings is 2. The molecule has 0 aliphatic carbocycles. The minimum absolute atomic E-state index is 0.449. The van der Waals surface area contributed by atoms with Crippen molar-refractivity contribution < 1.29 is 0 Å². The Labute approximate surface area is 146 Å². The molecule has 2 N–H and O–H groups in total. The number of rotatable bonds is 5. The van der Waals surface area contributed by atoms with E-state index in [4.69, 9.17) is 11.6 Å². The van der Waals surface area contributed by atoms with Gasteiger partial charge in [0.1, 0.15) is 0 Å². The van der Waals surface area contributed by atoms with Gasteiger partial charge in [-0.1, -0.05) is 47.5 Å². The molecule has 3 rings (SSSR count). The van der Waals surface area contributed by atoms with Crippen molar-refractivity contribution in [3.05, 3.63) is 70.4 Å². The highest BCUT2D eigenvalue weighted by Crippen LogP contribution is 2.20. The maximum atomic E-state index is 6.15. The first-order valence-corrected chi connectivity index (χ1v) is 8.01. The summed E-state index contributed by atoms with van der Waals surface area (Å²) >= 11 is 6.15. The van der Waals surface area contributed by atoms with Crippen molar-refractivity contribution in [2.45, 2.75) is 20.4 Å². The van der Waals surface area contributed by atoms with E-state index in [9.17, 15) is 0 Å². The summed E-state index contributed by atoms with van der Waals surface area (Å²) in [6.45, 7) is 4.66. The Morgan fingerprint density at radius 2 is 1.92 bits per heavy atom. The maximum Gasteiger partial charge on any atom is 0.244 e. The molecule has 0 spiro atoms. The topological polar surface area (TPSA) is 62.7 Å². The number of aryl methyl sites for hydroxylation is 2. The normalized spacial score (nSPS) is 10.5. The summed E-state index contributed by atoms with van der Waals surface area (Å²) < 4.78 is 0. The molecule has 0 aliphatic rings. The lowest BCUT2D eigenvalue weighted by molar-refractivity contribution is 0.948. The molecule has 122 valence electrons. The van der Waals surface area contributed by atoms with Gasteiger partial charge >= 0.3 is 0 Å². The van der Waals surface area contributed by atoms with Gasteiger partial charge in [-0.25, -0.2) is 0 Å². The summed E-state index contributed by atoms with van der Waals surface area (Å²) in [6, 6.07) is 13.9. The fourth-order valence-corrected chi connectivity index (χ4v) is 2.55. The van der Waals surface area contributed by atoms with Crippen LogP contribution in [0.2, 0.25) is 5.02 Å². The zero-order valence-corrected chi connectivity index (χ0v) is 14.3. The van der Waals surface area contributed by atoms with Crippen LogP contribution in [0.1, 0.15) is 16.7 Å². The molecule has 6 heteroatoms. The number of hydrogen-bond donors (Lipinski definition) is 2. The lowest BCUT2D eigenvalue weighted by Crippen LogP contribution is -2.07. The van der Waals surface area contributed by atoms with Gasteiger partial charge in [-0.15, -0.1) is 5.10 Å². The number of aromatic nitrogens is 3. The molecule has 0 atom stereocenters. The minimum atomic E-state index is 0.449. The molecule has 5 nitrogen and oxygen atoms in total. The summed E-state index contributed by atoms with van der Waals surface area (Å²) in [5.74, 6) is 1.09. The number of hydrogen-bond acceptors (Lipinski definition) is 5. The van der Waals surface area contributed by atoms with E-state index >= 15 is 0 Å². The fourth-order valence-electron chi connectivity index (χ4n) is 2.35. The van der Waals surface area contributed by atoms with Crippen LogP contribution in [-0.2, 0) is 6.54 Å². The van der Waals surface area contributed by atoms with Crippen molar-refractivity contribution in [1.82, 2.24) is 15.2 Å².